The normalized spacial score (nSPS) is 33.9. The minimum Gasteiger partial charge on any atom is -0.369 e. The fourth-order valence-corrected chi connectivity index (χ4v) is 3.25. The lowest BCUT2D eigenvalue weighted by molar-refractivity contribution is -0.122. The molecule has 0 aromatic rings. The number of amides is 1. The summed E-state index contributed by atoms with van der Waals surface area (Å²) in [6.45, 7) is 1.80. The lowest BCUT2D eigenvalue weighted by atomic mass is 9.79. The highest BCUT2D eigenvalue weighted by atomic mass is 16.1. The van der Waals surface area contributed by atoms with Crippen LogP contribution in [0.3, 0.4) is 0 Å². The van der Waals surface area contributed by atoms with E-state index in [1.54, 1.807) is 0 Å². The lowest BCUT2D eigenvalue weighted by Crippen LogP contribution is -2.33. The second-order valence-electron chi connectivity index (χ2n) is 5.08. The summed E-state index contributed by atoms with van der Waals surface area (Å²) >= 11 is 0. The number of primary amides is 1. The van der Waals surface area contributed by atoms with Crippen LogP contribution >= 0.6 is 0 Å². The highest BCUT2D eigenvalue weighted by Gasteiger charge is 2.36. The summed E-state index contributed by atoms with van der Waals surface area (Å²) < 4.78 is 0. The van der Waals surface area contributed by atoms with Crippen molar-refractivity contribution >= 4 is 5.91 Å². The molecule has 0 aromatic heterocycles. The Morgan fingerprint density at radius 2 is 1.73 bits per heavy atom. The third kappa shape index (κ3) is 2.51. The predicted octanol–water partition coefficient (Wildman–Crippen LogP) is 1.28. The Morgan fingerprint density at radius 3 is 2.33 bits per heavy atom. The van der Waals surface area contributed by atoms with Crippen molar-refractivity contribution < 1.29 is 4.79 Å². The topological polar surface area (TPSA) is 55.1 Å². The molecule has 0 aromatic carbocycles. The molecule has 0 spiro atoms. The van der Waals surface area contributed by atoms with Crippen LogP contribution in [0.2, 0.25) is 0 Å². The van der Waals surface area contributed by atoms with Gasteiger partial charge in [0.2, 0.25) is 5.91 Å². The number of carbonyl (C=O) groups excluding carboxylic acids is 1. The number of hydrogen-bond donors (Lipinski definition) is 2. The van der Waals surface area contributed by atoms with Crippen molar-refractivity contribution in [1.29, 1.82) is 0 Å². The molecule has 3 heteroatoms. The first-order valence-corrected chi connectivity index (χ1v) is 6.29. The number of nitrogens with two attached hydrogens (primary N) is 1. The van der Waals surface area contributed by atoms with Gasteiger partial charge in [0.05, 0.1) is 5.92 Å². The smallest absolute Gasteiger partial charge is 0.222 e. The van der Waals surface area contributed by atoms with Crippen LogP contribution < -0.4 is 11.1 Å². The van der Waals surface area contributed by atoms with Gasteiger partial charge in [-0.05, 0) is 18.4 Å². The highest BCUT2D eigenvalue weighted by Crippen LogP contribution is 2.34. The van der Waals surface area contributed by atoms with Gasteiger partial charge in [-0.3, -0.25) is 4.79 Å². The third-order valence-corrected chi connectivity index (χ3v) is 4.13. The van der Waals surface area contributed by atoms with Crippen molar-refractivity contribution in [2.24, 2.45) is 23.5 Å². The van der Waals surface area contributed by atoms with Crippen LogP contribution in [0.5, 0.6) is 0 Å². The van der Waals surface area contributed by atoms with Crippen LogP contribution in [-0.4, -0.2) is 19.0 Å². The first-order chi connectivity index (χ1) is 7.29. The van der Waals surface area contributed by atoms with E-state index in [1.807, 2.05) is 0 Å². The van der Waals surface area contributed by atoms with Gasteiger partial charge in [0.15, 0.2) is 0 Å². The second-order valence-corrected chi connectivity index (χ2v) is 5.08. The van der Waals surface area contributed by atoms with Crippen molar-refractivity contribution in [2.75, 3.05) is 13.1 Å². The summed E-state index contributed by atoms with van der Waals surface area (Å²) in [6.07, 6.45) is 8.03. The molecular formula is C12H22N2O. The molecule has 2 fully saturated rings. The van der Waals surface area contributed by atoms with Crippen molar-refractivity contribution in [3.8, 4) is 0 Å². The zero-order chi connectivity index (χ0) is 10.7. The Morgan fingerprint density at radius 1 is 1.07 bits per heavy atom. The minimum atomic E-state index is -0.103. The van der Waals surface area contributed by atoms with Crippen LogP contribution in [0, 0.1) is 17.8 Å². The maximum Gasteiger partial charge on any atom is 0.222 e. The molecule has 3 nitrogen and oxygen atoms in total. The molecule has 3 N–H and O–H groups in total. The first kappa shape index (κ1) is 10.9. The van der Waals surface area contributed by atoms with Crippen molar-refractivity contribution in [3.63, 3.8) is 0 Å². The molecule has 1 amide bonds. The quantitative estimate of drug-likeness (QED) is 0.675. The fourth-order valence-electron chi connectivity index (χ4n) is 3.25. The van der Waals surface area contributed by atoms with Crippen LogP contribution in [0.15, 0.2) is 0 Å². The zero-order valence-corrected chi connectivity index (χ0v) is 9.37. The monoisotopic (exact) mass is 210 g/mol. The molecule has 1 saturated heterocycles. The maximum atomic E-state index is 11.3. The van der Waals surface area contributed by atoms with Gasteiger partial charge in [0.25, 0.3) is 0 Å². The molecule has 1 aliphatic carbocycles. The summed E-state index contributed by atoms with van der Waals surface area (Å²) in [5, 5.41) is 3.32. The lowest BCUT2D eigenvalue weighted by Gasteiger charge is -2.25. The molecule has 2 unspecified atom stereocenters. The summed E-state index contributed by atoms with van der Waals surface area (Å²) in [7, 11) is 0. The van der Waals surface area contributed by atoms with E-state index in [0.29, 0.717) is 5.92 Å². The molecule has 2 atom stereocenters. The van der Waals surface area contributed by atoms with Gasteiger partial charge < -0.3 is 11.1 Å². The molecule has 2 rings (SSSR count). The summed E-state index contributed by atoms with van der Waals surface area (Å²) in [4.78, 5) is 11.3. The Balaban J connectivity index is 1.97. The van der Waals surface area contributed by atoms with Crippen LogP contribution in [-0.2, 0) is 4.79 Å². The number of nitrogens with one attached hydrogen (secondary N) is 1. The largest absolute Gasteiger partial charge is 0.369 e. The molecule has 1 aliphatic heterocycles. The number of carbonyl (C=O) groups is 1. The van der Waals surface area contributed by atoms with E-state index in [2.05, 4.69) is 5.32 Å². The molecule has 15 heavy (non-hydrogen) atoms. The van der Waals surface area contributed by atoms with Gasteiger partial charge in [-0.25, -0.2) is 0 Å². The molecule has 1 heterocycles. The average molecular weight is 210 g/mol. The first-order valence-electron chi connectivity index (χ1n) is 6.29. The third-order valence-electron chi connectivity index (χ3n) is 4.13. The second kappa shape index (κ2) is 4.97. The minimum absolute atomic E-state index is 0.0908. The van der Waals surface area contributed by atoms with Crippen LogP contribution in [0.1, 0.15) is 38.5 Å². The van der Waals surface area contributed by atoms with Gasteiger partial charge >= 0.3 is 0 Å². The Kier molecular flexibility index (Phi) is 3.62. The standard InChI is InChI=1S/C12H22N2O/c13-12(15)11-8-14-7-10(11)9-5-3-1-2-4-6-9/h9-11,14H,1-8H2,(H2,13,15). The molecule has 2 aliphatic rings. The average Bonchev–Trinajstić information content (AvgIpc) is 2.55. The zero-order valence-electron chi connectivity index (χ0n) is 9.37. The molecule has 1 saturated carbocycles. The van der Waals surface area contributed by atoms with E-state index in [9.17, 15) is 4.79 Å². The van der Waals surface area contributed by atoms with E-state index in [-0.39, 0.29) is 11.8 Å². The van der Waals surface area contributed by atoms with Crippen LogP contribution in [0.4, 0.5) is 0 Å². The van der Waals surface area contributed by atoms with Gasteiger partial charge in [-0.15, -0.1) is 0 Å². The molecule has 86 valence electrons. The number of hydrogen-bond acceptors (Lipinski definition) is 2. The van der Waals surface area contributed by atoms with Gasteiger partial charge in [-0.2, -0.15) is 0 Å². The van der Waals surface area contributed by atoms with Gasteiger partial charge in [0.1, 0.15) is 0 Å². The van der Waals surface area contributed by atoms with E-state index >= 15 is 0 Å². The highest BCUT2D eigenvalue weighted by molar-refractivity contribution is 5.77. The SMILES string of the molecule is NC(=O)C1CNCC1C1CCCCCC1. The summed E-state index contributed by atoms with van der Waals surface area (Å²) in [5.41, 5.74) is 5.45. The van der Waals surface area contributed by atoms with Gasteiger partial charge in [-0.1, -0.05) is 38.5 Å². The van der Waals surface area contributed by atoms with Crippen molar-refractivity contribution in [1.82, 2.24) is 5.32 Å². The summed E-state index contributed by atoms with van der Waals surface area (Å²) in [6, 6.07) is 0. The van der Waals surface area contributed by atoms with Gasteiger partial charge in [0, 0.05) is 6.54 Å². The Hall–Kier alpha value is -0.570. The molecule has 0 radical (unpaired) electrons. The van der Waals surface area contributed by atoms with E-state index in [0.717, 1.165) is 19.0 Å². The predicted molar refractivity (Wildman–Crippen MR) is 60.2 cm³/mol. The fraction of sp³-hybridized carbons (Fsp3) is 0.917. The molecule has 0 bridgehead atoms. The summed E-state index contributed by atoms with van der Waals surface area (Å²) in [5.74, 6) is 1.24. The number of rotatable bonds is 2. The molecular weight excluding hydrogens is 188 g/mol. The van der Waals surface area contributed by atoms with Crippen molar-refractivity contribution in [3.05, 3.63) is 0 Å². The Labute approximate surface area is 91.8 Å². The van der Waals surface area contributed by atoms with Crippen molar-refractivity contribution in [2.45, 2.75) is 38.5 Å². The van der Waals surface area contributed by atoms with E-state index in [4.69, 9.17) is 5.73 Å². The Bertz CT molecular complexity index is 222. The van der Waals surface area contributed by atoms with E-state index < -0.39 is 0 Å². The maximum absolute atomic E-state index is 11.3. The van der Waals surface area contributed by atoms with E-state index in [1.165, 1.54) is 38.5 Å². The van der Waals surface area contributed by atoms with Crippen LogP contribution in [0.25, 0.3) is 0 Å².